The van der Waals surface area contributed by atoms with E-state index in [9.17, 15) is 23.5 Å². The van der Waals surface area contributed by atoms with Crippen LogP contribution in [0.15, 0.2) is 30.3 Å². The first-order valence-electron chi connectivity index (χ1n) is 9.45. The Morgan fingerprint density at radius 3 is 2.53 bits per heavy atom. The highest BCUT2D eigenvalue weighted by Gasteiger charge is 2.24. The molecule has 0 aliphatic carbocycles. The molecule has 3 aromatic rings. The molecule has 8 heteroatoms. The number of carbonyl (C=O) groups excluding carboxylic acids is 2. The second-order valence-electron chi connectivity index (χ2n) is 7.21. The summed E-state index contributed by atoms with van der Waals surface area (Å²) in [5.74, 6) is -3.12. The zero-order valence-corrected chi connectivity index (χ0v) is 17.5. The van der Waals surface area contributed by atoms with Gasteiger partial charge < -0.3 is 10.4 Å². The van der Waals surface area contributed by atoms with Gasteiger partial charge in [-0.15, -0.1) is 0 Å². The number of fused-ring (bicyclic) bond motifs is 1. The first-order chi connectivity index (χ1) is 14.1. The fourth-order valence-corrected chi connectivity index (χ4v) is 3.44. The largest absolute Gasteiger partial charge is 0.505 e. The second-order valence-corrected chi connectivity index (χ2v) is 7.61. The van der Waals surface area contributed by atoms with E-state index < -0.39 is 23.3 Å². The molecule has 1 atom stereocenters. The summed E-state index contributed by atoms with van der Waals surface area (Å²) in [6, 6.07) is 5.81. The third kappa shape index (κ3) is 4.03. The molecule has 1 amide bonds. The van der Waals surface area contributed by atoms with Crippen molar-refractivity contribution in [3.05, 3.63) is 63.8 Å². The van der Waals surface area contributed by atoms with Gasteiger partial charge in [0.05, 0.1) is 17.0 Å². The Hall–Kier alpha value is -2.93. The molecular weight excluding hydrogens is 414 g/mol. The van der Waals surface area contributed by atoms with Crippen LogP contribution in [0.4, 0.5) is 8.78 Å². The van der Waals surface area contributed by atoms with E-state index >= 15 is 0 Å². The Bertz CT molecular complexity index is 1160. The number of nitrogens with zero attached hydrogens (tertiary/aromatic N) is 1. The third-order valence-electron chi connectivity index (χ3n) is 5.13. The van der Waals surface area contributed by atoms with Crippen molar-refractivity contribution in [1.29, 1.82) is 0 Å². The molecule has 30 heavy (non-hydrogen) atoms. The summed E-state index contributed by atoms with van der Waals surface area (Å²) in [7, 11) is 0. The molecule has 0 spiro atoms. The molecule has 2 aromatic carbocycles. The standard InChI is InChI=1S/C22H21ClF2N2O3/c1-4-11(2)26-21(29)9-14-12(3)27(19-10-18(25)20(28)8-15(14)19)22(30)13-5-6-16(23)17(24)7-13/h5-8,10-11,28H,4,9H2,1-3H3,(H,26,29)/t11-/m0/s1. The number of halogens is 3. The van der Waals surface area contributed by atoms with E-state index in [0.717, 1.165) is 18.6 Å². The highest BCUT2D eigenvalue weighted by Crippen LogP contribution is 2.32. The molecule has 0 bridgehead atoms. The van der Waals surface area contributed by atoms with E-state index in [1.54, 1.807) is 6.92 Å². The van der Waals surface area contributed by atoms with Gasteiger partial charge >= 0.3 is 0 Å². The third-order valence-corrected chi connectivity index (χ3v) is 5.44. The summed E-state index contributed by atoms with van der Waals surface area (Å²) in [6.07, 6.45) is 0.687. The van der Waals surface area contributed by atoms with Crippen molar-refractivity contribution in [2.24, 2.45) is 0 Å². The summed E-state index contributed by atoms with van der Waals surface area (Å²) in [6.45, 7) is 5.42. The molecule has 1 aromatic heterocycles. The maximum atomic E-state index is 14.1. The van der Waals surface area contributed by atoms with Gasteiger partial charge in [0.15, 0.2) is 11.6 Å². The van der Waals surface area contributed by atoms with Gasteiger partial charge in [-0.2, -0.15) is 0 Å². The number of carbonyl (C=O) groups is 2. The average Bonchev–Trinajstić information content (AvgIpc) is 2.94. The molecule has 0 unspecified atom stereocenters. The van der Waals surface area contributed by atoms with Gasteiger partial charge in [0.2, 0.25) is 5.91 Å². The van der Waals surface area contributed by atoms with Crippen molar-refractivity contribution >= 4 is 34.3 Å². The van der Waals surface area contributed by atoms with Crippen molar-refractivity contribution in [1.82, 2.24) is 9.88 Å². The summed E-state index contributed by atoms with van der Waals surface area (Å²) < 4.78 is 29.2. The lowest BCUT2D eigenvalue weighted by atomic mass is 10.1. The molecule has 1 heterocycles. The predicted octanol–water partition coefficient (Wildman–Crippen LogP) is 4.73. The highest BCUT2D eigenvalue weighted by molar-refractivity contribution is 6.30. The lowest BCUT2D eigenvalue weighted by Gasteiger charge is -2.12. The quantitative estimate of drug-likeness (QED) is 0.609. The van der Waals surface area contributed by atoms with Gasteiger partial charge in [-0.1, -0.05) is 18.5 Å². The van der Waals surface area contributed by atoms with Gasteiger partial charge in [-0.05, 0) is 50.1 Å². The summed E-state index contributed by atoms with van der Waals surface area (Å²) >= 11 is 5.70. The maximum Gasteiger partial charge on any atom is 0.262 e. The normalized spacial score (nSPS) is 12.2. The van der Waals surface area contributed by atoms with Crippen molar-refractivity contribution in [3.8, 4) is 5.75 Å². The van der Waals surface area contributed by atoms with Crippen LogP contribution >= 0.6 is 11.6 Å². The number of benzene rings is 2. The molecule has 5 nitrogen and oxygen atoms in total. The molecule has 0 aliphatic rings. The first kappa shape index (κ1) is 21.8. The minimum atomic E-state index is -0.910. The monoisotopic (exact) mass is 434 g/mol. The Kier molecular flexibility index (Phi) is 6.12. The summed E-state index contributed by atoms with van der Waals surface area (Å²) in [5.41, 5.74) is 1.06. The lowest BCUT2D eigenvalue weighted by Crippen LogP contribution is -2.33. The molecular formula is C22H21ClF2N2O3. The van der Waals surface area contributed by atoms with Gasteiger partial charge in [-0.25, -0.2) is 8.78 Å². The van der Waals surface area contributed by atoms with E-state index in [4.69, 9.17) is 11.6 Å². The maximum absolute atomic E-state index is 14.1. The summed E-state index contributed by atoms with van der Waals surface area (Å²) in [5, 5.41) is 12.9. The number of amides is 1. The number of rotatable bonds is 5. The molecule has 0 aliphatic heterocycles. The van der Waals surface area contributed by atoms with Crippen LogP contribution in [0.25, 0.3) is 10.9 Å². The van der Waals surface area contributed by atoms with Gasteiger partial charge in [-0.3, -0.25) is 14.2 Å². The second kappa shape index (κ2) is 8.44. The SMILES string of the molecule is CC[C@H](C)NC(=O)Cc1c(C)n(C(=O)c2ccc(Cl)c(F)c2)c2cc(F)c(O)cc12. The number of aromatic nitrogens is 1. The molecule has 0 saturated heterocycles. The Morgan fingerprint density at radius 2 is 1.90 bits per heavy atom. The summed E-state index contributed by atoms with van der Waals surface area (Å²) in [4.78, 5) is 25.6. The van der Waals surface area contributed by atoms with Crippen molar-refractivity contribution in [2.75, 3.05) is 0 Å². The molecule has 3 rings (SSSR count). The van der Waals surface area contributed by atoms with Crippen LogP contribution < -0.4 is 5.32 Å². The minimum Gasteiger partial charge on any atom is -0.505 e. The van der Waals surface area contributed by atoms with Crippen molar-refractivity contribution < 1.29 is 23.5 Å². The first-order valence-corrected chi connectivity index (χ1v) is 9.83. The van der Waals surface area contributed by atoms with Crippen LogP contribution in [0.1, 0.15) is 41.9 Å². The zero-order chi connectivity index (χ0) is 22.2. The van der Waals surface area contributed by atoms with Crippen LogP contribution in [-0.4, -0.2) is 27.5 Å². The Balaban J connectivity index is 2.15. The van der Waals surface area contributed by atoms with E-state index in [1.165, 1.54) is 22.8 Å². The fourth-order valence-electron chi connectivity index (χ4n) is 3.32. The van der Waals surface area contributed by atoms with Crippen LogP contribution in [-0.2, 0) is 11.2 Å². The highest BCUT2D eigenvalue weighted by atomic mass is 35.5. The number of nitrogens with one attached hydrogen (secondary N) is 1. The fraction of sp³-hybridized carbons (Fsp3) is 0.273. The van der Waals surface area contributed by atoms with Gasteiger partial charge in [0.25, 0.3) is 5.91 Å². The van der Waals surface area contributed by atoms with E-state index in [2.05, 4.69) is 5.32 Å². The average molecular weight is 435 g/mol. The lowest BCUT2D eigenvalue weighted by molar-refractivity contribution is -0.121. The molecule has 2 N–H and O–H groups in total. The predicted molar refractivity (Wildman–Crippen MR) is 111 cm³/mol. The Morgan fingerprint density at radius 1 is 1.20 bits per heavy atom. The molecule has 0 saturated carbocycles. The minimum absolute atomic E-state index is 0.0148. The van der Waals surface area contributed by atoms with Crippen LogP contribution in [0.5, 0.6) is 5.75 Å². The van der Waals surface area contributed by atoms with E-state index in [1.807, 2.05) is 13.8 Å². The van der Waals surface area contributed by atoms with E-state index in [-0.39, 0.29) is 34.5 Å². The van der Waals surface area contributed by atoms with Crippen LogP contribution in [0.2, 0.25) is 5.02 Å². The number of aromatic hydroxyl groups is 1. The number of hydrogen-bond acceptors (Lipinski definition) is 3. The molecule has 158 valence electrons. The number of phenolic OH excluding ortho intramolecular Hbond substituents is 1. The zero-order valence-electron chi connectivity index (χ0n) is 16.7. The van der Waals surface area contributed by atoms with Gasteiger partial charge in [0, 0.05) is 28.8 Å². The smallest absolute Gasteiger partial charge is 0.262 e. The van der Waals surface area contributed by atoms with Crippen LogP contribution in [0.3, 0.4) is 0 Å². The van der Waals surface area contributed by atoms with E-state index in [0.29, 0.717) is 16.6 Å². The number of phenols is 1. The topological polar surface area (TPSA) is 71.3 Å². The van der Waals surface area contributed by atoms with Crippen LogP contribution in [0, 0.1) is 18.6 Å². The molecule has 0 radical (unpaired) electrons. The van der Waals surface area contributed by atoms with Crippen molar-refractivity contribution in [2.45, 2.75) is 39.7 Å². The van der Waals surface area contributed by atoms with Gasteiger partial charge in [0.1, 0.15) is 5.82 Å². The molecule has 0 fully saturated rings. The Labute approximate surface area is 177 Å². The van der Waals surface area contributed by atoms with Crippen molar-refractivity contribution in [3.63, 3.8) is 0 Å². The number of hydrogen-bond donors (Lipinski definition) is 2.